The molecule has 0 fully saturated rings. The Kier molecular flexibility index (Phi) is 6.39. The largest absolute Gasteiger partial charge is 0.361 e. The van der Waals surface area contributed by atoms with Gasteiger partial charge in [-0.15, -0.1) is 0 Å². The van der Waals surface area contributed by atoms with Crippen LogP contribution in [0, 0.1) is 0 Å². The molecule has 0 radical (unpaired) electrons. The van der Waals surface area contributed by atoms with Crippen molar-refractivity contribution in [1.82, 2.24) is 4.98 Å². The number of benzene rings is 1. The first-order chi connectivity index (χ1) is 7.88. The van der Waals surface area contributed by atoms with Crippen LogP contribution in [0.15, 0.2) is 36.5 Å². The molecule has 0 spiro atoms. The van der Waals surface area contributed by atoms with Crippen LogP contribution in [0.1, 0.15) is 46.0 Å². The van der Waals surface area contributed by atoms with E-state index in [9.17, 15) is 0 Å². The molecule has 0 aliphatic rings. The molecule has 0 atom stereocenters. The molecule has 0 amide bonds. The summed E-state index contributed by atoms with van der Waals surface area (Å²) in [6.07, 6.45) is 8.96. The summed E-state index contributed by atoms with van der Waals surface area (Å²) < 4.78 is 0. The van der Waals surface area contributed by atoms with Crippen molar-refractivity contribution in [2.75, 3.05) is 0 Å². The lowest BCUT2D eigenvalue weighted by atomic mass is 10.2. The van der Waals surface area contributed by atoms with Gasteiger partial charge in [-0.3, -0.25) is 0 Å². The lowest BCUT2D eigenvalue weighted by Crippen LogP contribution is -1.70. The van der Waals surface area contributed by atoms with Crippen molar-refractivity contribution in [3.63, 3.8) is 0 Å². The molecule has 1 aromatic carbocycles. The van der Waals surface area contributed by atoms with Gasteiger partial charge in [0.25, 0.3) is 0 Å². The summed E-state index contributed by atoms with van der Waals surface area (Å²) in [6, 6.07) is 10.3. The first kappa shape index (κ1) is 12.8. The zero-order valence-corrected chi connectivity index (χ0v) is 10.5. The van der Waals surface area contributed by atoms with Gasteiger partial charge in [-0.25, -0.2) is 0 Å². The maximum absolute atomic E-state index is 3.12. The highest BCUT2D eigenvalue weighted by atomic mass is 14.6. The lowest BCUT2D eigenvalue weighted by molar-refractivity contribution is 0.656. The Labute approximate surface area is 98.9 Å². The average molecular weight is 217 g/mol. The number of aromatic nitrogens is 1. The minimum atomic E-state index is 1.21. The van der Waals surface area contributed by atoms with Crippen molar-refractivity contribution in [2.45, 2.75) is 46.0 Å². The Bertz CT molecular complexity index is 341. The van der Waals surface area contributed by atoms with Gasteiger partial charge in [-0.05, 0) is 17.5 Å². The molecule has 1 nitrogen and oxygen atoms in total. The Hall–Kier alpha value is -1.24. The topological polar surface area (TPSA) is 15.8 Å². The van der Waals surface area contributed by atoms with E-state index in [4.69, 9.17) is 0 Å². The van der Waals surface area contributed by atoms with Crippen LogP contribution >= 0.6 is 0 Å². The van der Waals surface area contributed by atoms with Crippen LogP contribution in [0.2, 0.25) is 0 Å². The van der Waals surface area contributed by atoms with Gasteiger partial charge >= 0.3 is 0 Å². The zero-order valence-electron chi connectivity index (χ0n) is 10.5. The van der Waals surface area contributed by atoms with E-state index >= 15 is 0 Å². The first-order valence-electron chi connectivity index (χ1n) is 6.40. The molecule has 1 aromatic heterocycles. The number of fused-ring (bicyclic) bond motifs is 1. The number of hydrogen-bond donors (Lipinski definition) is 1. The number of rotatable bonds is 4. The smallest absolute Gasteiger partial charge is 0.0453 e. The summed E-state index contributed by atoms with van der Waals surface area (Å²) in [5.74, 6) is 0. The second-order valence-corrected chi connectivity index (χ2v) is 4.13. The van der Waals surface area contributed by atoms with Crippen molar-refractivity contribution in [1.29, 1.82) is 0 Å². The maximum atomic E-state index is 3.12. The lowest BCUT2D eigenvalue weighted by Gasteiger charge is -1.90. The van der Waals surface area contributed by atoms with Crippen LogP contribution in [0.25, 0.3) is 10.9 Å². The molecule has 16 heavy (non-hydrogen) atoms. The number of para-hydroxylation sites is 1. The summed E-state index contributed by atoms with van der Waals surface area (Å²) in [4.78, 5) is 3.12. The predicted molar refractivity (Wildman–Crippen MR) is 72.7 cm³/mol. The summed E-state index contributed by atoms with van der Waals surface area (Å²) >= 11 is 0. The zero-order chi connectivity index (χ0) is 11.6. The number of H-pyrrole nitrogens is 1. The van der Waals surface area contributed by atoms with E-state index < -0.39 is 0 Å². The van der Waals surface area contributed by atoms with Gasteiger partial charge in [0.2, 0.25) is 0 Å². The first-order valence-corrected chi connectivity index (χ1v) is 6.40. The molecule has 0 saturated heterocycles. The molecular formula is C15H23N. The summed E-state index contributed by atoms with van der Waals surface area (Å²) in [6.45, 7) is 4.49. The molecule has 0 saturated carbocycles. The van der Waals surface area contributed by atoms with Crippen molar-refractivity contribution < 1.29 is 0 Å². The molecule has 0 aliphatic carbocycles. The van der Waals surface area contributed by atoms with E-state index in [2.05, 4.69) is 37.0 Å². The Morgan fingerprint density at radius 2 is 1.56 bits per heavy atom. The summed E-state index contributed by atoms with van der Waals surface area (Å²) in [5, 5.41) is 1.28. The highest BCUT2D eigenvalue weighted by molar-refractivity contribution is 5.78. The third kappa shape index (κ3) is 4.52. The molecule has 88 valence electrons. The van der Waals surface area contributed by atoms with E-state index in [0.29, 0.717) is 0 Å². The van der Waals surface area contributed by atoms with Gasteiger partial charge in [0.05, 0.1) is 0 Å². The predicted octanol–water partition coefficient (Wildman–Crippen LogP) is 5.14. The Morgan fingerprint density at radius 3 is 2.19 bits per heavy atom. The van der Waals surface area contributed by atoms with Gasteiger partial charge < -0.3 is 4.98 Å². The van der Waals surface area contributed by atoms with E-state index in [1.165, 1.54) is 43.0 Å². The van der Waals surface area contributed by atoms with Crippen molar-refractivity contribution in [3.05, 3.63) is 36.5 Å². The van der Waals surface area contributed by atoms with E-state index in [1.54, 1.807) is 0 Å². The van der Waals surface area contributed by atoms with Crippen LogP contribution < -0.4 is 0 Å². The highest BCUT2D eigenvalue weighted by Gasteiger charge is 1.86. The van der Waals surface area contributed by atoms with Crippen molar-refractivity contribution >= 4 is 10.9 Å². The van der Waals surface area contributed by atoms with E-state index in [1.807, 2.05) is 18.3 Å². The van der Waals surface area contributed by atoms with Crippen LogP contribution in [0.3, 0.4) is 0 Å². The average Bonchev–Trinajstić information content (AvgIpc) is 2.78. The van der Waals surface area contributed by atoms with E-state index in [-0.39, 0.29) is 0 Å². The molecule has 1 N–H and O–H groups in total. The van der Waals surface area contributed by atoms with Crippen LogP contribution in [-0.2, 0) is 0 Å². The third-order valence-corrected chi connectivity index (χ3v) is 2.67. The monoisotopic (exact) mass is 217 g/mol. The highest BCUT2D eigenvalue weighted by Crippen LogP contribution is 2.09. The Morgan fingerprint density at radius 1 is 0.875 bits per heavy atom. The second-order valence-electron chi connectivity index (χ2n) is 4.13. The van der Waals surface area contributed by atoms with Gasteiger partial charge in [0.1, 0.15) is 0 Å². The Balaban J connectivity index is 0.000000168. The fourth-order valence-corrected chi connectivity index (χ4v) is 1.67. The molecular weight excluding hydrogens is 194 g/mol. The van der Waals surface area contributed by atoms with E-state index in [0.717, 1.165) is 0 Å². The summed E-state index contributed by atoms with van der Waals surface area (Å²) in [7, 11) is 0. The molecule has 1 heterocycles. The SMILES string of the molecule is CCCCCCC.c1ccc2[nH]ccc2c1. The molecule has 2 rings (SSSR count). The van der Waals surface area contributed by atoms with Gasteiger partial charge in [-0.1, -0.05) is 64.2 Å². The fourth-order valence-electron chi connectivity index (χ4n) is 1.67. The molecule has 0 aliphatic heterocycles. The second kappa shape index (κ2) is 7.98. The minimum absolute atomic E-state index is 1.21. The minimum Gasteiger partial charge on any atom is -0.361 e. The molecule has 2 aromatic rings. The van der Waals surface area contributed by atoms with Crippen molar-refractivity contribution in [3.8, 4) is 0 Å². The third-order valence-electron chi connectivity index (χ3n) is 2.67. The quantitative estimate of drug-likeness (QED) is 0.682. The standard InChI is InChI=1S/C8H7N.C7H16/c1-2-4-8-7(3-1)5-6-9-8;1-3-5-7-6-4-2/h1-6,9H;3-7H2,1-2H3. The fraction of sp³-hybridized carbons (Fsp3) is 0.467. The number of unbranched alkanes of at least 4 members (excludes halogenated alkanes) is 4. The number of aromatic amines is 1. The summed E-state index contributed by atoms with van der Waals surface area (Å²) in [5.41, 5.74) is 1.21. The normalized spacial score (nSPS) is 9.88. The van der Waals surface area contributed by atoms with Crippen LogP contribution in [-0.4, -0.2) is 4.98 Å². The molecule has 0 bridgehead atoms. The molecule has 1 heteroatoms. The maximum Gasteiger partial charge on any atom is 0.0453 e. The van der Waals surface area contributed by atoms with Crippen LogP contribution in [0.5, 0.6) is 0 Å². The van der Waals surface area contributed by atoms with Crippen LogP contribution in [0.4, 0.5) is 0 Å². The van der Waals surface area contributed by atoms with Gasteiger partial charge in [0.15, 0.2) is 0 Å². The van der Waals surface area contributed by atoms with Gasteiger partial charge in [-0.2, -0.15) is 0 Å². The molecule has 0 unspecified atom stereocenters. The number of hydrogen-bond acceptors (Lipinski definition) is 0. The van der Waals surface area contributed by atoms with Gasteiger partial charge in [0, 0.05) is 11.7 Å². The number of nitrogens with one attached hydrogen (secondary N) is 1. The van der Waals surface area contributed by atoms with Crippen molar-refractivity contribution in [2.24, 2.45) is 0 Å².